The molecule has 0 aromatic rings. The molecule has 2 atom stereocenters. The van der Waals surface area contributed by atoms with Crippen LogP contribution in [0.15, 0.2) is 0 Å². The summed E-state index contributed by atoms with van der Waals surface area (Å²) in [6.07, 6.45) is 4.44. The van der Waals surface area contributed by atoms with Crippen LogP contribution in [0.2, 0.25) is 0 Å². The van der Waals surface area contributed by atoms with Gasteiger partial charge in [0.1, 0.15) is 6.04 Å². The molecular formula is C15H28N2O3. The lowest BCUT2D eigenvalue weighted by Gasteiger charge is -2.37. The smallest absolute Gasteiger partial charge is 0.242 e. The molecule has 2 fully saturated rings. The zero-order chi connectivity index (χ0) is 14.4. The van der Waals surface area contributed by atoms with E-state index in [1.165, 1.54) is 0 Å². The zero-order valence-corrected chi connectivity index (χ0v) is 12.6. The lowest BCUT2D eigenvalue weighted by molar-refractivity contribution is -0.143. The van der Waals surface area contributed by atoms with Gasteiger partial charge in [0.25, 0.3) is 0 Å². The van der Waals surface area contributed by atoms with Crippen LogP contribution in [0.1, 0.15) is 39.0 Å². The Labute approximate surface area is 121 Å². The third-order valence-corrected chi connectivity index (χ3v) is 4.33. The number of aliphatic hydroxyl groups excluding tert-OH is 1. The Balaban J connectivity index is 1.93. The molecule has 0 aliphatic carbocycles. The van der Waals surface area contributed by atoms with E-state index >= 15 is 0 Å². The number of likely N-dealkylation sites (tertiary alicyclic amines) is 1. The van der Waals surface area contributed by atoms with Gasteiger partial charge < -0.3 is 14.7 Å². The molecule has 5 heteroatoms. The van der Waals surface area contributed by atoms with E-state index in [1.54, 1.807) is 0 Å². The third kappa shape index (κ3) is 4.17. The van der Waals surface area contributed by atoms with E-state index in [9.17, 15) is 9.90 Å². The number of amides is 1. The molecule has 2 saturated heterocycles. The average Bonchev–Trinajstić information content (AvgIpc) is 2.69. The average molecular weight is 284 g/mol. The number of aliphatic hydroxyl groups is 1. The van der Waals surface area contributed by atoms with E-state index in [0.29, 0.717) is 19.6 Å². The van der Waals surface area contributed by atoms with Crippen LogP contribution in [0.25, 0.3) is 0 Å². The number of ether oxygens (including phenoxy) is 1. The first kappa shape index (κ1) is 15.7. The molecule has 0 spiro atoms. The van der Waals surface area contributed by atoms with Crippen molar-refractivity contribution in [1.82, 2.24) is 9.80 Å². The minimum absolute atomic E-state index is 0.120. The summed E-state index contributed by atoms with van der Waals surface area (Å²) in [6.45, 7) is 6.70. The largest absolute Gasteiger partial charge is 0.393 e. The van der Waals surface area contributed by atoms with Gasteiger partial charge in [0.15, 0.2) is 0 Å². The fourth-order valence-electron chi connectivity index (χ4n) is 3.00. The molecule has 1 N–H and O–H groups in total. The summed E-state index contributed by atoms with van der Waals surface area (Å²) in [7, 11) is 0. The van der Waals surface area contributed by atoms with Gasteiger partial charge in [0, 0.05) is 19.6 Å². The van der Waals surface area contributed by atoms with E-state index < -0.39 is 0 Å². The fourth-order valence-corrected chi connectivity index (χ4v) is 3.00. The van der Waals surface area contributed by atoms with Crippen molar-refractivity contribution in [3.8, 4) is 0 Å². The molecule has 0 saturated carbocycles. The lowest BCUT2D eigenvalue weighted by atomic mass is 10.1. The highest BCUT2D eigenvalue weighted by Gasteiger charge is 2.32. The molecule has 2 aliphatic heterocycles. The van der Waals surface area contributed by atoms with E-state index in [2.05, 4.69) is 11.8 Å². The number of nitrogens with zero attached hydrogens (tertiary/aromatic N) is 2. The van der Waals surface area contributed by atoms with Crippen LogP contribution >= 0.6 is 0 Å². The number of unbranched alkanes of at least 4 members (excludes halogenated alkanes) is 1. The maximum atomic E-state index is 12.7. The highest BCUT2D eigenvalue weighted by atomic mass is 16.5. The van der Waals surface area contributed by atoms with Crippen LogP contribution in [0, 0.1) is 0 Å². The van der Waals surface area contributed by atoms with Gasteiger partial charge in [-0.1, -0.05) is 13.3 Å². The van der Waals surface area contributed by atoms with Gasteiger partial charge in [-0.2, -0.15) is 0 Å². The maximum absolute atomic E-state index is 12.7. The van der Waals surface area contributed by atoms with Gasteiger partial charge in [0.05, 0.1) is 19.3 Å². The number of carbonyl (C=O) groups is 1. The number of morpholine rings is 1. The Bertz CT molecular complexity index is 311. The van der Waals surface area contributed by atoms with Gasteiger partial charge >= 0.3 is 0 Å². The lowest BCUT2D eigenvalue weighted by Crippen LogP contribution is -2.55. The predicted molar refractivity (Wildman–Crippen MR) is 77.5 cm³/mol. The van der Waals surface area contributed by atoms with Crippen molar-refractivity contribution >= 4 is 5.91 Å². The summed E-state index contributed by atoms with van der Waals surface area (Å²) in [6, 6.07) is -0.120. The number of hydrogen-bond donors (Lipinski definition) is 1. The molecule has 20 heavy (non-hydrogen) atoms. The SMILES string of the molecule is CCCCN1CCOCC1C(=O)N1CCCC(O)CC1. The van der Waals surface area contributed by atoms with Crippen molar-refractivity contribution in [2.24, 2.45) is 0 Å². The molecule has 2 unspecified atom stereocenters. The standard InChI is InChI=1S/C15H28N2O3/c1-2-3-7-16-10-11-20-12-14(16)15(19)17-8-4-5-13(18)6-9-17/h13-14,18H,2-12H2,1H3. The molecule has 0 aromatic carbocycles. The van der Waals surface area contributed by atoms with Crippen LogP contribution in [-0.2, 0) is 9.53 Å². The Morgan fingerprint density at radius 1 is 1.30 bits per heavy atom. The van der Waals surface area contributed by atoms with Gasteiger partial charge in [-0.05, 0) is 32.2 Å². The summed E-state index contributed by atoms with van der Waals surface area (Å²) >= 11 is 0. The molecule has 5 nitrogen and oxygen atoms in total. The molecule has 116 valence electrons. The normalized spacial score (nSPS) is 29.2. The molecular weight excluding hydrogens is 256 g/mol. The summed E-state index contributed by atoms with van der Waals surface area (Å²) < 4.78 is 5.52. The summed E-state index contributed by atoms with van der Waals surface area (Å²) in [5.74, 6) is 0.190. The fraction of sp³-hybridized carbons (Fsp3) is 0.933. The Kier molecular flexibility index (Phi) is 6.26. The Morgan fingerprint density at radius 3 is 2.95 bits per heavy atom. The summed E-state index contributed by atoms with van der Waals surface area (Å²) in [4.78, 5) is 16.9. The molecule has 1 amide bonds. The Hall–Kier alpha value is -0.650. The van der Waals surface area contributed by atoms with Crippen molar-refractivity contribution < 1.29 is 14.6 Å². The minimum atomic E-state index is -0.244. The zero-order valence-electron chi connectivity index (χ0n) is 12.6. The van der Waals surface area contributed by atoms with Gasteiger partial charge in [-0.25, -0.2) is 0 Å². The first-order chi connectivity index (χ1) is 9.72. The first-order valence-corrected chi connectivity index (χ1v) is 8.01. The Morgan fingerprint density at radius 2 is 2.15 bits per heavy atom. The van der Waals surface area contributed by atoms with E-state index in [0.717, 1.165) is 51.9 Å². The molecule has 0 radical (unpaired) electrons. The monoisotopic (exact) mass is 284 g/mol. The van der Waals surface area contributed by atoms with E-state index in [-0.39, 0.29) is 18.1 Å². The van der Waals surface area contributed by atoms with Crippen molar-refractivity contribution in [3.05, 3.63) is 0 Å². The number of rotatable bonds is 4. The van der Waals surface area contributed by atoms with E-state index in [1.807, 2.05) is 4.90 Å². The second-order valence-electron chi connectivity index (χ2n) is 5.89. The van der Waals surface area contributed by atoms with Crippen LogP contribution in [0.5, 0.6) is 0 Å². The second-order valence-corrected chi connectivity index (χ2v) is 5.89. The third-order valence-electron chi connectivity index (χ3n) is 4.33. The van der Waals surface area contributed by atoms with Gasteiger partial charge in [-0.15, -0.1) is 0 Å². The predicted octanol–water partition coefficient (Wildman–Crippen LogP) is 0.861. The highest BCUT2D eigenvalue weighted by Crippen LogP contribution is 2.16. The number of hydrogen-bond acceptors (Lipinski definition) is 4. The first-order valence-electron chi connectivity index (χ1n) is 8.01. The van der Waals surface area contributed by atoms with Crippen molar-refractivity contribution in [1.29, 1.82) is 0 Å². The van der Waals surface area contributed by atoms with Crippen LogP contribution < -0.4 is 0 Å². The van der Waals surface area contributed by atoms with Crippen LogP contribution in [0.4, 0.5) is 0 Å². The van der Waals surface area contributed by atoms with Gasteiger partial charge in [0.2, 0.25) is 5.91 Å². The molecule has 2 aliphatic rings. The van der Waals surface area contributed by atoms with Crippen molar-refractivity contribution in [2.75, 3.05) is 39.4 Å². The second kappa shape index (κ2) is 7.96. The summed E-state index contributed by atoms with van der Waals surface area (Å²) in [5.41, 5.74) is 0. The molecule has 2 rings (SSSR count). The van der Waals surface area contributed by atoms with Crippen molar-refractivity contribution in [3.63, 3.8) is 0 Å². The topological polar surface area (TPSA) is 53.0 Å². The quantitative estimate of drug-likeness (QED) is 0.832. The molecule has 0 bridgehead atoms. The van der Waals surface area contributed by atoms with Crippen LogP contribution in [-0.4, -0.2) is 72.4 Å². The maximum Gasteiger partial charge on any atom is 0.242 e. The number of carbonyl (C=O) groups excluding carboxylic acids is 1. The minimum Gasteiger partial charge on any atom is -0.393 e. The van der Waals surface area contributed by atoms with E-state index in [4.69, 9.17) is 4.74 Å². The van der Waals surface area contributed by atoms with Crippen LogP contribution in [0.3, 0.4) is 0 Å². The highest BCUT2D eigenvalue weighted by molar-refractivity contribution is 5.82. The van der Waals surface area contributed by atoms with Crippen molar-refractivity contribution in [2.45, 2.75) is 51.2 Å². The summed E-state index contributed by atoms with van der Waals surface area (Å²) in [5, 5.41) is 9.69. The molecule has 2 heterocycles. The molecule has 0 aromatic heterocycles. The van der Waals surface area contributed by atoms with Gasteiger partial charge in [-0.3, -0.25) is 9.69 Å².